The van der Waals surface area contributed by atoms with Crippen molar-refractivity contribution in [3.05, 3.63) is 17.5 Å². The van der Waals surface area contributed by atoms with Gasteiger partial charge in [-0.05, 0) is 13.3 Å². The Morgan fingerprint density at radius 3 is 3.05 bits per heavy atom. The SMILES string of the molecule is CCOC(=O)c1cnn(C)c1CN1CCOC(CC)C1. The molecule has 2 rings (SSSR count). The monoisotopic (exact) mass is 281 g/mol. The first-order valence-electron chi connectivity index (χ1n) is 7.17. The molecule has 0 spiro atoms. The largest absolute Gasteiger partial charge is 0.462 e. The van der Waals surface area contributed by atoms with Gasteiger partial charge in [-0.15, -0.1) is 0 Å². The maximum absolute atomic E-state index is 11.9. The fraction of sp³-hybridized carbons (Fsp3) is 0.714. The second kappa shape index (κ2) is 6.85. The summed E-state index contributed by atoms with van der Waals surface area (Å²) in [4.78, 5) is 14.2. The number of aryl methyl sites for hydroxylation is 1. The van der Waals surface area contributed by atoms with Gasteiger partial charge >= 0.3 is 5.97 Å². The van der Waals surface area contributed by atoms with Crippen molar-refractivity contribution in [3.8, 4) is 0 Å². The van der Waals surface area contributed by atoms with E-state index in [0.717, 1.165) is 31.8 Å². The zero-order valence-electron chi connectivity index (χ0n) is 12.5. The standard InChI is InChI=1S/C14H23N3O3/c1-4-11-9-17(6-7-20-11)10-13-12(8-15-16(13)3)14(18)19-5-2/h8,11H,4-7,9-10H2,1-3H3. The number of ether oxygens (including phenoxy) is 2. The van der Waals surface area contributed by atoms with Gasteiger partial charge in [0.05, 0.1) is 31.2 Å². The van der Waals surface area contributed by atoms with Crippen LogP contribution in [0.5, 0.6) is 0 Å². The summed E-state index contributed by atoms with van der Waals surface area (Å²) < 4.78 is 12.5. The fourth-order valence-corrected chi connectivity index (χ4v) is 2.41. The van der Waals surface area contributed by atoms with E-state index in [1.54, 1.807) is 10.9 Å². The van der Waals surface area contributed by atoms with Crippen LogP contribution in [0.3, 0.4) is 0 Å². The number of hydrogen-bond donors (Lipinski definition) is 0. The second-order valence-electron chi connectivity index (χ2n) is 4.99. The molecule has 1 aromatic rings. The molecule has 112 valence electrons. The van der Waals surface area contributed by atoms with Gasteiger partial charge in [0.1, 0.15) is 5.56 Å². The van der Waals surface area contributed by atoms with Gasteiger partial charge in [0.2, 0.25) is 0 Å². The maximum Gasteiger partial charge on any atom is 0.341 e. The summed E-state index contributed by atoms with van der Waals surface area (Å²) in [6, 6.07) is 0. The lowest BCUT2D eigenvalue weighted by Gasteiger charge is -2.32. The highest BCUT2D eigenvalue weighted by molar-refractivity contribution is 5.90. The van der Waals surface area contributed by atoms with E-state index in [0.29, 0.717) is 18.7 Å². The molecule has 0 radical (unpaired) electrons. The quantitative estimate of drug-likeness (QED) is 0.759. The molecular weight excluding hydrogens is 258 g/mol. The Balaban J connectivity index is 2.08. The van der Waals surface area contributed by atoms with Crippen LogP contribution in [-0.2, 0) is 23.1 Å². The van der Waals surface area contributed by atoms with Gasteiger partial charge in [-0.2, -0.15) is 5.10 Å². The Bertz CT molecular complexity index is 459. The average molecular weight is 281 g/mol. The minimum absolute atomic E-state index is 0.281. The van der Waals surface area contributed by atoms with Crippen molar-refractivity contribution in [2.75, 3.05) is 26.3 Å². The van der Waals surface area contributed by atoms with Crippen molar-refractivity contribution < 1.29 is 14.3 Å². The Hall–Kier alpha value is -1.40. The molecule has 0 N–H and O–H groups in total. The predicted octanol–water partition coefficient (Wildman–Crippen LogP) is 1.21. The normalized spacial score (nSPS) is 20.1. The van der Waals surface area contributed by atoms with Crippen molar-refractivity contribution >= 4 is 5.97 Å². The predicted molar refractivity (Wildman–Crippen MR) is 74.5 cm³/mol. The van der Waals surface area contributed by atoms with E-state index in [9.17, 15) is 4.79 Å². The lowest BCUT2D eigenvalue weighted by molar-refractivity contribution is -0.0332. The van der Waals surface area contributed by atoms with Gasteiger partial charge in [0, 0.05) is 26.7 Å². The summed E-state index contributed by atoms with van der Waals surface area (Å²) in [6.45, 7) is 7.52. The summed E-state index contributed by atoms with van der Waals surface area (Å²) in [5, 5.41) is 4.18. The molecule has 1 unspecified atom stereocenters. The van der Waals surface area contributed by atoms with Crippen LogP contribution in [0, 0.1) is 0 Å². The van der Waals surface area contributed by atoms with Gasteiger partial charge in [0.25, 0.3) is 0 Å². The van der Waals surface area contributed by atoms with Gasteiger partial charge in [-0.3, -0.25) is 9.58 Å². The number of aromatic nitrogens is 2. The van der Waals surface area contributed by atoms with Crippen LogP contribution < -0.4 is 0 Å². The Morgan fingerprint density at radius 2 is 2.35 bits per heavy atom. The lowest BCUT2D eigenvalue weighted by atomic mass is 10.2. The number of esters is 1. The van der Waals surface area contributed by atoms with Crippen molar-refractivity contribution in [2.45, 2.75) is 32.9 Å². The summed E-state index contributed by atoms with van der Waals surface area (Å²) in [6.07, 6.45) is 2.88. The molecule has 6 heteroatoms. The summed E-state index contributed by atoms with van der Waals surface area (Å²) in [5.41, 5.74) is 1.47. The average Bonchev–Trinajstić information content (AvgIpc) is 2.81. The molecule has 1 aliphatic heterocycles. The van der Waals surface area contributed by atoms with E-state index >= 15 is 0 Å². The maximum atomic E-state index is 11.9. The first kappa shape index (κ1) is 15.0. The van der Waals surface area contributed by atoms with Crippen molar-refractivity contribution in [2.24, 2.45) is 7.05 Å². The van der Waals surface area contributed by atoms with Crippen LogP contribution in [0.4, 0.5) is 0 Å². The second-order valence-corrected chi connectivity index (χ2v) is 4.99. The third kappa shape index (κ3) is 3.37. The molecule has 0 aliphatic carbocycles. The third-order valence-electron chi connectivity index (χ3n) is 3.61. The number of nitrogens with zero attached hydrogens (tertiary/aromatic N) is 3. The summed E-state index contributed by atoms with van der Waals surface area (Å²) >= 11 is 0. The number of carbonyl (C=O) groups excluding carboxylic acids is 1. The van der Waals surface area contributed by atoms with E-state index < -0.39 is 0 Å². The zero-order valence-corrected chi connectivity index (χ0v) is 12.5. The van der Waals surface area contributed by atoms with Crippen LogP contribution in [0.2, 0.25) is 0 Å². The van der Waals surface area contributed by atoms with E-state index in [2.05, 4.69) is 16.9 Å². The lowest BCUT2D eigenvalue weighted by Crippen LogP contribution is -2.42. The number of carbonyl (C=O) groups is 1. The minimum Gasteiger partial charge on any atom is -0.462 e. The van der Waals surface area contributed by atoms with Gasteiger partial charge in [-0.25, -0.2) is 4.79 Å². The zero-order chi connectivity index (χ0) is 14.5. The summed E-state index contributed by atoms with van der Waals surface area (Å²) in [7, 11) is 1.86. The highest BCUT2D eigenvalue weighted by Gasteiger charge is 2.23. The van der Waals surface area contributed by atoms with Crippen LogP contribution in [0.15, 0.2) is 6.20 Å². The smallest absolute Gasteiger partial charge is 0.341 e. The van der Waals surface area contributed by atoms with Crippen LogP contribution in [0.25, 0.3) is 0 Å². The molecule has 1 fully saturated rings. The summed E-state index contributed by atoms with van der Waals surface area (Å²) in [5.74, 6) is -0.295. The van der Waals surface area contributed by atoms with E-state index in [1.165, 1.54) is 0 Å². The third-order valence-corrected chi connectivity index (χ3v) is 3.61. The molecule has 0 bridgehead atoms. The number of morpholine rings is 1. The molecule has 2 heterocycles. The van der Waals surface area contributed by atoms with Gasteiger partial charge in [0.15, 0.2) is 0 Å². The highest BCUT2D eigenvalue weighted by Crippen LogP contribution is 2.16. The molecule has 1 saturated heterocycles. The molecule has 6 nitrogen and oxygen atoms in total. The Kier molecular flexibility index (Phi) is 5.14. The first-order chi connectivity index (χ1) is 9.65. The minimum atomic E-state index is -0.295. The van der Waals surface area contributed by atoms with Gasteiger partial charge < -0.3 is 9.47 Å². The number of rotatable bonds is 5. The van der Waals surface area contributed by atoms with Gasteiger partial charge in [-0.1, -0.05) is 6.92 Å². The molecule has 1 aromatic heterocycles. The van der Waals surface area contributed by atoms with Crippen molar-refractivity contribution in [1.82, 2.24) is 14.7 Å². The van der Waals surface area contributed by atoms with E-state index in [1.807, 2.05) is 14.0 Å². The molecule has 1 aliphatic rings. The van der Waals surface area contributed by atoms with Crippen molar-refractivity contribution in [3.63, 3.8) is 0 Å². The Labute approximate surface area is 119 Å². The van der Waals surface area contributed by atoms with E-state index in [-0.39, 0.29) is 12.1 Å². The van der Waals surface area contributed by atoms with E-state index in [4.69, 9.17) is 9.47 Å². The first-order valence-corrected chi connectivity index (χ1v) is 7.17. The van der Waals surface area contributed by atoms with Crippen LogP contribution in [-0.4, -0.2) is 53.1 Å². The fourth-order valence-electron chi connectivity index (χ4n) is 2.41. The molecule has 0 aromatic carbocycles. The topological polar surface area (TPSA) is 56.6 Å². The molecule has 1 atom stereocenters. The molecule has 0 saturated carbocycles. The number of hydrogen-bond acceptors (Lipinski definition) is 5. The molecule has 0 amide bonds. The van der Waals surface area contributed by atoms with Crippen molar-refractivity contribution in [1.29, 1.82) is 0 Å². The Morgan fingerprint density at radius 1 is 1.55 bits per heavy atom. The molecular formula is C14H23N3O3. The van der Waals surface area contributed by atoms with Crippen LogP contribution >= 0.6 is 0 Å². The highest BCUT2D eigenvalue weighted by atomic mass is 16.5. The van der Waals surface area contributed by atoms with Crippen LogP contribution in [0.1, 0.15) is 36.3 Å². The molecule has 20 heavy (non-hydrogen) atoms.